The summed E-state index contributed by atoms with van der Waals surface area (Å²) in [5.74, 6) is 3.01. The SMILES string of the molecule is COc1cc2c(c(OC)c1OC)[C@@H]1CCCCC[C@@H]1CCC2=O. The average Bonchev–Trinajstić information content (AvgIpc) is 2.88. The highest BCUT2D eigenvalue weighted by Gasteiger charge is 2.36. The van der Waals surface area contributed by atoms with Gasteiger partial charge in [0.1, 0.15) is 0 Å². The summed E-state index contributed by atoms with van der Waals surface area (Å²) in [5.41, 5.74) is 1.83. The van der Waals surface area contributed by atoms with Crippen molar-refractivity contribution < 1.29 is 19.0 Å². The van der Waals surface area contributed by atoms with E-state index in [1.54, 1.807) is 21.3 Å². The van der Waals surface area contributed by atoms with Gasteiger partial charge in [0.25, 0.3) is 0 Å². The van der Waals surface area contributed by atoms with E-state index in [4.69, 9.17) is 14.2 Å². The smallest absolute Gasteiger partial charge is 0.203 e. The third-order valence-electron chi connectivity index (χ3n) is 5.44. The van der Waals surface area contributed by atoms with Crippen molar-refractivity contribution in [1.29, 1.82) is 0 Å². The molecule has 0 saturated heterocycles. The van der Waals surface area contributed by atoms with Gasteiger partial charge in [-0.1, -0.05) is 19.3 Å². The van der Waals surface area contributed by atoms with Crippen LogP contribution in [0.3, 0.4) is 0 Å². The van der Waals surface area contributed by atoms with Crippen LogP contribution in [0.4, 0.5) is 0 Å². The number of carbonyl (C=O) groups is 1. The number of hydrogen-bond donors (Lipinski definition) is 0. The molecule has 2 aliphatic rings. The minimum Gasteiger partial charge on any atom is -0.493 e. The quantitative estimate of drug-likeness (QED) is 0.831. The van der Waals surface area contributed by atoms with E-state index in [2.05, 4.69) is 0 Å². The molecule has 0 unspecified atom stereocenters. The van der Waals surface area contributed by atoms with Gasteiger partial charge in [0.2, 0.25) is 5.75 Å². The van der Waals surface area contributed by atoms with E-state index in [0.717, 1.165) is 24.0 Å². The van der Waals surface area contributed by atoms with E-state index in [1.807, 2.05) is 6.07 Å². The van der Waals surface area contributed by atoms with Crippen molar-refractivity contribution in [3.63, 3.8) is 0 Å². The maximum absolute atomic E-state index is 12.7. The zero-order valence-corrected chi connectivity index (χ0v) is 14.3. The minimum absolute atomic E-state index is 0.201. The van der Waals surface area contributed by atoms with Crippen molar-refractivity contribution in [2.45, 2.75) is 50.9 Å². The molecule has 0 aromatic heterocycles. The van der Waals surface area contributed by atoms with Crippen molar-refractivity contribution in [2.24, 2.45) is 5.92 Å². The van der Waals surface area contributed by atoms with E-state index >= 15 is 0 Å². The number of hydrogen-bond acceptors (Lipinski definition) is 4. The molecule has 4 heteroatoms. The average molecular weight is 318 g/mol. The minimum atomic E-state index is 0.201. The number of benzene rings is 1. The molecule has 1 fully saturated rings. The Bertz CT molecular complexity index is 594. The van der Waals surface area contributed by atoms with Crippen LogP contribution in [0.25, 0.3) is 0 Å². The first-order chi connectivity index (χ1) is 11.2. The van der Waals surface area contributed by atoms with Gasteiger partial charge in [0.15, 0.2) is 17.3 Å². The largest absolute Gasteiger partial charge is 0.493 e. The second-order valence-corrected chi connectivity index (χ2v) is 6.57. The lowest BCUT2D eigenvalue weighted by Crippen LogP contribution is -2.13. The number of Topliss-reactive ketones (excluding diaryl/α,β-unsaturated/α-hetero) is 1. The third-order valence-corrected chi connectivity index (χ3v) is 5.44. The van der Waals surface area contributed by atoms with Crippen LogP contribution in [-0.4, -0.2) is 27.1 Å². The molecule has 0 amide bonds. The Morgan fingerprint density at radius 1 is 0.913 bits per heavy atom. The first kappa shape index (κ1) is 16.2. The molecule has 0 bridgehead atoms. The first-order valence-corrected chi connectivity index (χ1v) is 8.57. The van der Waals surface area contributed by atoms with E-state index in [9.17, 15) is 4.79 Å². The number of carbonyl (C=O) groups excluding carboxylic acids is 1. The van der Waals surface area contributed by atoms with Crippen molar-refractivity contribution in [1.82, 2.24) is 0 Å². The monoisotopic (exact) mass is 318 g/mol. The lowest BCUT2D eigenvalue weighted by Gasteiger charge is -2.27. The maximum atomic E-state index is 12.7. The fraction of sp³-hybridized carbons (Fsp3) is 0.632. The van der Waals surface area contributed by atoms with Gasteiger partial charge in [0, 0.05) is 17.5 Å². The molecule has 0 spiro atoms. The Morgan fingerprint density at radius 2 is 1.65 bits per heavy atom. The molecule has 1 aromatic rings. The molecule has 0 aliphatic heterocycles. The third kappa shape index (κ3) is 2.79. The van der Waals surface area contributed by atoms with Crippen LogP contribution in [0.1, 0.15) is 66.8 Å². The number of ketones is 1. The van der Waals surface area contributed by atoms with Crippen LogP contribution in [0.15, 0.2) is 6.07 Å². The molecule has 126 valence electrons. The molecule has 1 saturated carbocycles. The summed E-state index contributed by atoms with van der Waals surface area (Å²) in [5, 5.41) is 0. The predicted octanol–water partition coefficient (Wildman–Crippen LogP) is 4.35. The van der Waals surface area contributed by atoms with Crippen molar-refractivity contribution >= 4 is 5.78 Å². The fourth-order valence-corrected chi connectivity index (χ4v) is 4.34. The lowest BCUT2D eigenvalue weighted by molar-refractivity contribution is 0.0977. The molecule has 2 atom stereocenters. The Labute approximate surface area is 138 Å². The Balaban J connectivity index is 2.23. The molecule has 4 nitrogen and oxygen atoms in total. The Kier molecular flexibility index (Phi) is 4.79. The maximum Gasteiger partial charge on any atom is 0.203 e. The van der Waals surface area contributed by atoms with Crippen molar-refractivity contribution in [2.75, 3.05) is 21.3 Å². The fourth-order valence-electron chi connectivity index (χ4n) is 4.34. The number of fused-ring (bicyclic) bond motifs is 3. The van der Waals surface area contributed by atoms with Gasteiger partial charge >= 0.3 is 0 Å². The highest BCUT2D eigenvalue weighted by atomic mass is 16.5. The molecule has 23 heavy (non-hydrogen) atoms. The van der Waals surface area contributed by atoms with Gasteiger partial charge in [-0.2, -0.15) is 0 Å². The van der Waals surface area contributed by atoms with Crippen LogP contribution in [-0.2, 0) is 0 Å². The van der Waals surface area contributed by atoms with Gasteiger partial charge in [-0.15, -0.1) is 0 Å². The van der Waals surface area contributed by atoms with Crippen LogP contribution in [0.2, 0.25) is 0 Å². The molecule has 0 radical (unpaired) electrons. The standard InChI is InChI=1S/C19H26O4/c1-21-16-11-14-15(20)10-9-12-7-5-4-6-8-13(12)17(14)19(23-3)18(16)22-2/h11-13H,4-10H2,1-3H3/t12-,13-/m1/s1. The summed E-state index contributed by atoms with van der Waals surface area (Å²) in [6.07, 6.45) is 7.68. The van der Waals surface area contributed by atoms with Gasteiger partial charge in [-0.25, -0.2) is 0 Å². The Hall–Kier alpha value is -1.71. The number of ether oxygens (including phenoxy) is 3. The van der Waals surface area contributed by atoms with E-state index in [-0.39, 0.29) is 5.78 Å². The highest BCUT2D eigenvalue weighted by molar-refractivity contribution is 6.00. The molecule has 3 rings (SSSR count). The summed E-state index contributed by atoms with van der Waals surface area (Å²) in [6.45, 7) is 0. The van der Waals surface area contributed by atoms with E-state index in [0.29, 0.717) is 35.5 Å². The summed E-state index contributed by atoms with van der Waals surface area (Å²) < 4.78 is 16.7. The topological polar surface area (TPSA) is 44.8 Å². The summed E-state index contributed by atoms with van der Waals surface area (Å²) >= 11 is 0. The Morgan fingerprint density at radius 3 is 2.35 bits per heavy atom. The van der Waals surface area contributed by atoms with Gasteiger partial charge in [0.05, 0.1) is 21.3 Å². The zero-order chi connectivity index (χ0) is 16.4. The molecule has 0 N–H and O–H groups in total. The molecular formula is C19H26O4. The van der Waals surface area contributed by atoms with Crippen LogP contribution in [0, 0.1) is 5.92 Å². The number of rotatable bonds is 3. The van der Waals surface area contributed by atoms with Crippen molar-refractivity contribution in [3.05, 3.63) is 17.2 Å². The van der Waals surface area contributed by atoms with Crippen LogP contribution >= 0.6 is 0 Å². The molecule has 0 heterocycles. The predicted molar refractivity (Wildman–Crippen MR) is 89.0 cm³/mol. The molecule has 1 aromatic carbocycles. The second kappa shape index (κ2) is 6.81. The number of methoxy groups -OCH3 is 3. The van der Waals surface area contributed by atoms with Crippen molar-refractivity contribution in [3.8, 4) is 17.2 Å². The van der Waals surface area contributed by atoms with Gasteiger partial charge in [-0.05, 0) is 37.2 Å². The van der Waals surface area contributed by atoms with E-state index < -0.39 is 0 Å². The lowest BCUT2D eigenvalue weighted by atomic mass is 9.80. The molecule has 2 aliphatic carbocycles. The van der Waals surface area contributed by atoms with Crippen LogP contribution < -0.4 is 14.2 Å². The zero-order valence-electron chi connectivity index (χ0n) is 14.3. The first-order valence-electron chi connectivity index (χ1n) is 8.57. The summed E-state index contributed by atoms with van der Waals surface area (Å²) in [7, 11) is 4.87. The normalized spacial score (nSPS) is 24.0. The second-order valence-electron chi connectivity index (χ2n) is 6.57. The van der Waals surface area contributed by atoms with Crippen LogP contribution in [0.5, 0.6) is 17.2 Å². The van der Waals surface area contributed by atoms with E-state index in [1.165, 1.54) is 25.7 Å². The van der Waals surface area contributed by atoms with Gasteiger partial charge in [-0.3, -0.25) is 4.79 Å². The molecular weight excluding hydrogens is 292 g/mol. The van der Waals surface area contributed by atoms with Gasteiger partial charge < -0.3 is 14.2 Å². The summed E-state index contributed by atoms with van der Waals surface area (Å²) in [4.78, 5) is 12.7. The highest BCUT2D eigenvalue weighted by Crippen LogP contribution is 2.51. The summed E-state index contributed by atoms with van der Waals surface area (Å²) in [6, 6.07) is 1.85.